The van der Waals surface area contributed by atoms with Gasteiger partial charge in [0.2, 0.25) is 0 Å². The van der Waals surface area contributed by atoms with Crippen molar-refractivity contribution in [3.05, 3.63) is 219 Å². The molecule has 0 radical (unpaired) electrons. The molecule has 0 saturated heterocycles. The van der Waals surface area contributed by atoms with Gasteiger partial charge in [0.25, 0.3) is 0 Å². The summed E-state index contributed by atoms with van der Waals surface area (Å²) in [6.07, 6.45) is 119. The molecule has 0 fully saturated rings. The standard InChI is InChI=1S/C90H141NO8/c1-6-8-10-12-14-16-18-20-22-24-26-28-30-32-34-36-38-40-41-42-43-44-45-46-47-49-51-53-55-57-59-61-63-65-67-69-71-73-75-77-79-81-88(93)99-86(85-98-90(89(94)95)96-83-82-91(3,4)5)84-97-87(92)80-78-76-74-72-70-68-66-64-62-60-58-56-54-52-50-48-39-37-35-33-31-29-27-25-23-21-19-17-15-13-11-9-7-2/h8-11,14-17,20-23,26-29,32-35,38-40,42-43,45-46,48-49,51-52,54,58,60,64,66,86,90H,6-7,12-13,18-19,24-25,30-31,36-37,41,44,47,50,53,55-57,59,61-63,65,67-85H2,1-5H3/b10-8-,11-9-,16-14-,17-15-,22-20-,23-21-,28-26-,29-27-,34-32-,35-33-,40-38-,43-42-,46-45-,48-39-,51-49-,54-52-,60-58-,66-64-. The number of carboxylic acid groups (broad SMARTS) is 1. The Balaban J connectivity index is 4.18. The van der Waals surface area contributed by atoms with Crippen LogP contribution < -0.4 is 5.11 Å². The number of nitrogens with zero attached hydrogens (tertiary/aromatic N) is 1. The van der Waals surface area contributed by atoms with Gasteiger partial charge >= 0.3 is 11.9 Å². The lowest BCUT2D eigenvalue weighted by Gasteiger charge is -2.26. The van der Waals surface area contributed by atoms with Gasteiger partial charge in [-0.2, -0.15) is 0 Å². The molecule has 0 bridgehead atoms. The third-order valence-corrected chi connectivity index (χ3v) is 15.7. The zero-order valence-corrected chi connectivity index (χ0v) is 63.3. The summed E-state index contributed by atoms with van der Waals surface area (Å²) < 4.78 is 22.8. The fourth-order valence-electron chi connectivity index (χ4n) is 9.87. The maximum absolute atomic E-state index is 13.0. The van der Waals surface area contributed by atoms with E-state index in [1.54, 1.807) is 0 Å². The van der Waals surface area contributed by atoms with E-state index in [-0.39, 0.29) is 38.6 Å². The first-order valence-electron chi connectivity index (χ1n) is 38.9. The monoisotopic (exact) mass is 1360 g/mol. The molecule has 9 nitrogen and oxygen atoms in total. The molecule has 99 heavy (non-hydrogen) atoms. The number of likely N-dealkylation sites (N-methyl/N-ethyl adjacent to an activating group) is 1. The second-order valence-electron chi connectivity index (χ2n) is 26.2. The lowest BCUT2D eigenvalue weighted by atomic mass is 10.0. The molecule has 2 atom stereocenters. The number of esters is 2. The predicted molar refractivity (Wildman–Crippen MR) is 425 cm³/mol. The Labute approximate surface area is 607 Å². The van der Waals surface area contributed by atoms with E-state index in [1.165, 1.54) is 64.2 Å². The van der Waals surface area contributed by atoms with E-state index in [0.29, 0.717) is 23.9 Å². The summed E-state index contributed by atoms with van der Waals surface area (Å²) in [5.74, 6) is -2.33. The van der Waals surface area contributed by atoms with Crippen LogP contribution in [-0.4, -0.2) is 82.3 Å². The van der Waals surface area contributed by atoms with E-state index in [0.717, 1.165) is 167 Å². The summed E-state index contributed by atoms with van der Waals surface area (Å²) in [7, 11) is 5.91. The third kappa shape index (κ3) is 78.8. The Morgan fingerprint density at radius 2 is 0.545 bits per heavy atom. The first-order valence-corrected chi connectivity index (χ1v) is 38.9. The molecule has 0 aromatic rings. The van der Waals surface area contributed by atoms with Crippen LogP contribution in [0.5, 0.6) is 0 Å². The summed E-state index contributed by atoms with van der Waals surface area (Å²) in [4.78, 5) is 37.6. The van der Waals surface area contributed by atoms with E-state index in [9.17, 15) is 19.5 Å². The number of unbranched alkanes of at least 4 members (excludes halogenated alkanes) is 18. The Kier molecular flexibility index (Phi) is 72.4. The van der Waals surface area contributed by atoms with Gasteiger partial charge in [-0.15, -0.1) is 0 Å². The molecule has 0 spiro atoms. The van der Waals surface area contributed by atoms with Crippen molar-refractivity contribution in [3.63, 3.8) is 0 Å². The van der Waals surface area contributed by atoms with Crippen molar-refractivity contribution in [2.24, 2.45) is 0 Å². The van der Waals surface area contributed by atoms with Crippen LogP contribution in [0.2, 0.25) is 0 Å². The largest absolute Gasteiger partial charge is 0.545 e. The number of hydrogen-bond acceptors (Lipinski definition) is 8. The maximum Gasteiger partial charge on any atom is 0.306 e. The Morgan fingerprint density at radius 1 is 0.303 bits per heavy atom. The fraction of sp³-hybridized carbons (Fsp3) is 0.567. The van der Waals surface area contributed by atoms with Gasteiger partial charge in [0.1, 0.15) is 13.2 Å². The predicted octanol–water partition coefficient (Wildman–Crippen LogP) is 23.9. The highest BCUT2D eigenvalue weighted by atomic mass is 16.7. The minimum atomic E-state index is -1.64. The molecule has 0 aromatic heterocycles. The van der Waals surface area contributed by atoms with Gasteiger partial charge in [-0.05, 0) is 154 Å². The number of quaternary nitrogens is 1. The Hall–Kier alpha value is -6.39. The topological polar surface area (TPSA) is 111 Å². The lowest BCUT2D eigenvalue weighted by Crippen LogP contribution is -2.44. The number of rotatable bonds is 69. The van der Waals surface area contributed by atoms with Crippen molar-refractivity contribution in [1.29, 1.82) is 0 Å². The first-order chi connectivity index (χ1) is 48.6. The average Bonchev–Trinajstić information content (AvgIpc) is 2.62. The summed E-state index contributed by atoms with van der Waals surface area (Å²) in [6, 6.07) is 0. The molecular weight excluding hydrogens is 1220 g/mol. The molecule has 0 aromatic carbocycles. The molecule has 0 heterocycles. The second kappa shape index (κ2) is 77.3. The zero-order valence-electron chi connectivity index (χ0n) is 63.3. The van der Waals surface area contributed by atoms with Gasteiger partial charge in [0.05, 0.1) is 40.3 Å². The minimum absolute atomic E-state index is 0.133. The molecule has 554 valence electrons. The van der Waals surface area contributed by atoms with Crippen LogP contribution in [0.3, 0.4) is 0 Å². The van der Waals surface area contributed by atoms with Crippen molar-refractivity contribution >= 4 is 17.9 Å². The number of carbonyl (C=O) groups excluding carboxylic acids is 3. The van der Waals surface area contributed by atoms with Crippen molar-refractivity contribution in [3.8, 4) is 0 Å². The number of aliphatic carboxylic acids is 1. The van der Waals surface area contributed by atoms with E-state index in [2.05, 4.69) is 233 Å². The van der Waals surface area contributed by atoms with E-state index in [1.807, 2.05) is 21.1 Å². The van der Waals surface area contributed by atoms with Gasteiger partial charge < -0.3 is 33.3 Å². The highest BCUT2D eigenvalue weighted by Gasteiger charge is 2.22. The number of allylic oxidation sites excluding steroid dienone is 36. The lowest BCUT2D eigenvalue weighted by molar-refractivity contribution is -0.870. The molecular formula is C90H141NO8. The SMILES string of the molecule is CC/C=C\C/C=C\C/C=C\C/C=C\C/C=C\C/C=C\C/C=C\C/C=C\C/C=C\CCCCCCCCCCCCCCCC(=O)OC(COC(=O)CCCCCCC/C=C\C/C=C\C/C=C\C/C=C\C/C=C\C/C=C\C/C=C\C/C=C\C/C=C\CC)COC(OCC[N+](C)(C)C)C(=O)[O-]. The molecule has 0 aliphatic heterocycles. The van der Waals surface area contributed by atoms with Gasteiger partial charge in [0, 0.05) is 12.8 Å². The maximum atomic E-state index is 13.0. The quantitative estimate of drug-likeness (QED) is 0.0195. The molecule has 0 N–H and O–H groups in total. The van der Waals surface area contributed by atoms with Gasteiger partial charge in [-0.1, -0.05) is 322 Å². The number of ether oxygens (including phenoxy) is 4. The van der Waals surface area contributed by atoms with E-state index in [4.69, 9.17) is 18.9 Å². The Morgan fingerprint density at radius 3 is 0.808 bits per heavy atom. The van der Waals surface area contributed by atoms with Gasteiger partial charge in [0.15, 0.2) is 12.4 Å². The smallest absolute Gasteiger partial charge is 0.306 e. The highest BCUT2D eigenvalue weighted by Crippen LogP contribution is 2.16. The van der Waals surface area contributed by atoms with Crippen molar-refractivity contribution < 1.29 is 42.9 Å². The van der Waals surface area contributed by atoms with Crippen LogP contribution in [0, 0.1) is 0 Å². The van der Waals surface area contributed by atoms with Crippen LogP contribution in [0.15, 0.2) is 219 Å². The van der Waals surface area contributed by atoms with E-state index >= 15 is 0 Å². The summed E-state index contributed by atoms with van der Waals surface area (Å²) in [6.45, 7) is 4.48. The van der Waals surface area contributed by atoms with Gasteiger partial charge in [-0.25, -0.2) is 0 Å². The van der Waals surface area contributed by atoms with Crippen molar-refractivity contribution in [2.75, 3.05) is 47.5 Å². The second-order valence-corrected chi connectivity index (χ2v) is 26.2. The van der Waals surface area contributed by atoms with Crippen LogP contribution in [0.25, 0.3) is 0 Å². The van der Waals surface area contributed by atoms with Crippen LogP contribution in [-0.2, 0) is 33.3 Å². The molecule has 0 saturated carbocycles. The average molecular weight is 1370 g/mol. The number of carboxylic acids is 1. The molecule has 0 amide bonds. The van der Waals surface area contributed by atoms with Gasteiger partial charge in [-0.3, -0.25) is 9.59 Å². The third-order valence-electron chi connectivity index (χ3n) is 15.7. The number of hydrogen-bond donors (Lipinski definition) is 0. The van der Waals surface area contributed by atoms with Crippen molar-refractivity contribution in [1.82, 2.24) is 0 Å². The first kappa shape index (κ1) is 92.6. The van der Waals surface area contributed by atoms with E-state index < -0.39 is 24.3 Å². The van der Waals surface area contributed by atoms with Crippen molar-refractivity contribution in [2.45, 2.75) is 283 Å². The molecule has 2 unspecified atom stereocenters. The zero-order chi connectivity index (χ0) is 71.8. The fourth-order valence-corrected chi connectivity index (χ4v) is 9.87. The normalized spacial score (nSPS) is 13.9. The summed E-state index contributed by atoms with van der Waals surface area (Å²) >= 11 is 0. The number of carbonyl (C=O) groups is 3. The molecule has 0 rings (SSSR count). The summed E-state index contributed by atoms with van der Waals surface area (Å²) in [5, 5.41) is 11.9. The van der Waals surface area contributed by atoms with Crippen LogP contribution in [0.1, 0.15) is 271 Å². The molecule has 9 heteroatoms. The minimum Gasteiger partial charge on any atom is -0.545 e. The molecule has 0 aliphatic carbocycles. The van der Waals surface area contributed by atoms with Crippen LogP contribution in [0.4, 0.5) is 0 Å². The molecule has 0 aliphatic rings. The highest BCUT2D eigenvalue weighted by molar-refractivity contribution is 5.70. The summed E-state index contributed by atoms with van der Waals surface area (Å²) in [5.41, 5.74) is 0. The Bertz CT molecular complexity index is 2440. The van der Waals surface area contributed by atoms with Crippen LogP contribution >= 0.6 is 0 Å².